The van der Waals surface area contributed by atoms with E-state index in [4.69, 9.17) is 9.40 Å². The Labute approximate surface area is 157 Å². The second-order valence-electron chi connectivity index (χ2n) is 6.35. The zero-order chi connectivity index (χ0) is 18.1. The number of rotatable bonds is 3. The fraction of sp³-hybridized carbons (Fsp3) is 0. The quantitative estimate of drug-likeness (QED) is 0.388. The van der Waals surface area contributed by atoms with Crippen molar-refractivity contribution in [2.75, 3.05) is 0 Å². The number of fused-ring (bicyclic) bond motifs is 1. The molecule has 5 aromatic rings. The summed E-state index contributed by atoms with van der Waals surface area (Å²) in [6.45, 7) is 0. The first-order valence-corrected chi connectivity index (χ1v) is 8.85. The smallest absolute Gasteiger partial charge is 0.228 e. The predicted molar refractivity (Wildman–Crippen MR) is 108 cm³/mol. The van der Waals surface area contributed by atoms with E-state index in [0.717, 1.165) is 39.0 Å². The summed E-state index contributed by atoms with van der Waals surface area (Å²) in [5.74, 6) is 1.34. The van der Waals surface area contributed by atoms with Crippen molar-refractivity contribution in [2.45, 2.75) is 0 Å². The molecule has 0 N–H and O–H groups in total. The predicted octanol–water partition coefficient (Wildman–Crippen LogP) is 6.22. The topological polar surface area (TPSA) is 38.9 Å². The maximum absolute atomic E-state index is 6.24. The molecule has 3 nitrogen and oxygen atoms in total. The summed E-state index contributed by atoms with van der Waals surface area (Å²) < 4.78 is 6.24. The third kappa shape index (κ3) is 2.89. The third-order valence-corrected chi connectivity index (χ3v) is 4.55. The molecule has 128 valence electrons. The number of hydrogen-bond donors (Lipinski definition) is 0. The Balaban J connectivity index is 1.70. The van der Waals surface area contributed by atoms with E-state index in [1.54, 1.807) is 0 Å². The normalized spacial score (nSPS) is 11.0. The van der Waals surface area contributed by atoms with Gasteiger partial charge in [0.25, 0.3) is 0 Å². The molecule has 0 bridgehead atoms. The van der Waals surface area contributed by atoms with Gasteiger partial charge < -0.3 is 4.42 Å². The van der Waals surface area contributed by atoms with Crippen LogP contribution in [0.1, 0.15) is 0 Å². The van der Waals surface area contributed by atoms with E-state index >= 15 is 0 Å². The molecule has 0 amide bonds. The van der Waals surface area contributed by atoms with Gasteiger partial charge in [0, 0.05) is 22.7 Å². The molecule has 3 aromatic carbocycles. The minimum absolute atomic E-state index is 0.575. The number of aromatic nitrogens is 2. The molecule has 0 aliphatic carbocycles. The molecular weight excluding hydrogens is 332 g/mol. The second-order valence-corrected chi connectivity index (χ2v) is 6.35. The largest absolute Gasteiger partial charge is 0.435 e. The van der Waals surface area contributed by atoms with Gasteiger partial charge in [0.1, 0.15) is 5.69 Å². The highest BCUT2D eigenvalue weighted by Crippen LogP contribution is 2.36. The lowest BCUT2D eigenvalue weighted by Crippen LogP contribution is -1.84. The molecule has 27 heavy (non-hydrogen) atoms. The van der Waals surface area contributed by atoms with Crippen molar-refractivity contribution in [3.63, 3.8) is 0 Å². The number of oxazole rings is 1. The maximum Gasteiger partial charge on any atom is 0.228 e. The van der Waals surface area contributed by atoms with Crippen LogP contribution >= 0.6 is 0 Å². The molecule has 0 saturated heterocycles. The first kappa shape index (κ1) is 15.5. The van der Waals surface area contributed by atoms with Gasteiger partial charge >= 0.3 is 0 Å². The summed E-state index contributed by atoms with van der Waals surface area (Å²) in [5, 5.41) is 1.07. The van der Waals surface area contributed by atoms with Gasteiger partial charge in [0.05, 0.1) is 11.1 Å². The highest BCUT2D eigenvalue weighted by atomic mass is 16.4. The Hall–Kier alpha value is -3.72. The first-order chi connectivity index (χ1) is 13.4. The van der Waals surface area contributed by atoms with E-state index in [9.17, 15) is 0 Å². The molecular formula is C24H16N2O. The molecule has 0 fully saturated rings. The van der Waals surface area contributed by atoms with Crippen LogP contribution in [0.2, 0.25) is 0 Å². The fourth-order valence-electron chi connectivity index (χ4n) is 3.21. The van der Waals surface area contributed by atoms with E-state index in [-0.39, 0.29) is 0 Å². The Morgan fingerprint density at radius 2 is 1.30 bits per heavy atom. The highest BCUT2D eigenvalue weighted by Gasteiger charge is 2.18. The van der Waals surface area contributed by atoms with E-state index in [1.165, 1.54) is 0 Å². The molecule has 0 saturated carbocycles. The summed E-state index contributed by atoms with van der Waals surface area (Å²) >= 11 is 0. The van der Waals surface area contributed by atoms with Gasteiger partial charge in [-0.15, -0.1) is 0 Å². The standard InChI is InChI=1S/C24H16N2O/c1-3-9-17(10-4-1)22-23(18-11-5-2-6-12-18)27-24(26-22)20-15-19-13-7-8-14-21(19)25-16-20/h1-16H. The molecule has 3 heteroatoms. The first-order valence-electron chi connectivity index (χ1n) is 8.85. The van der Waals surface area contributed by atoms with Gasteiger partial charge in [0.2, 0.25) is 5.89 Å². The van der Waals surface area contributed by atoms with Crippen molar-refractivity contribution in [3.05, 3.63) is 97.2 Å². The van der Waals surface area contributed by atoms with E-state index < -0.39 is 0 Å². The Bertz CT molecular complexity index is 1150. The zero-order valence-corrected chi connectivity index (χ0v) is 14.5. The van der Waals surface area contributed by atoms with Gasteiger partial charge in [-0.05, 0) is 12.1 Å². The van der Waals surface area contributed by atoms with Crippen molar-refractivity contribution in [2.24, 2.45) is 0 Å². The molecule has 0 spiro atoms. The molecule has 0 aliphatic rings. The van der Waals surface area contributed by atoms with Crippen LogP contribution in [0.15, 0.2) is 102 Å². The average molecular weight is 348 g/mol. The van der Waals surface area contributed by atoms with Crippen molar-refractivity contribution in [1.82, 2.24) is 9.97 Å². The molecule has 0 atom stereocenters. The van der Waals surface area contributed by atoms with Gasteiger partial charge in [-0.3, -0.25) is 4.98 Å². The lowest BCUT2D eigenvalue weighted by molar-refractivity contribution is 0.589. The molecule has 2 heterocycles. The zero-order valence-electron chi connectivity index (χ0n) is 14.5. The van der Waals surface area contributed by atoms with Crippen LogP contribution in [0.3, 0.4) is 0 Å². The minimum Gasteiger partial charge on any atom is -0.435 e. The SMILES string of the molecule is c1ccc(-c2nc(-c3cnc4ccccc4c3)oc2-c2ccccc2)cc1. The molecule has 0 radical (unpaired) electrons. The third-order valence-electron chi connectivity index (χ3n) is 4.55. The molecule has 5 rings (SSSR count). The second kappa shape index (κ2) is 6.54. The summed E-state index contributed by atoms with van der Waals surface area (Å²) in [6, 6.07) is 30.3. The number of nitrogens with zero attached hydrogens (tertiary/aromatic N) is 2. The lowest BCUT2D eigenvalue weighted by Gasteiger charge is -2.01. The number of hydrogen-bond acceptors (Lipinski definition) is 3. The van der Waals surface area contributed by atoms with Crippen LogP contribution in [-0.4, -0.2) is 9.97 Å². The minimum atomic E-state index is 0.575. The van der Waals surface area contributed by atoms with Gasteiger partial charge in [0.15, 0.2) is 5.76 Å². The van der Waals surface area contributed by atoms with Crippen LogP contribution in [0.25, 0.3) is 44.9 Å². The molecule has 2 aromatic heterocycles. The number of para-hydroxylation sites is 1. The fourth-order valence-corrected chi connectivity index (χ4v) is 3.21. The van der Waals surface area contributed by atoms with E-state index in [2.05, 4.69) is 11.1 Å². The van der Waals surface area contributed by atoms with Crippen molar-refractivity contribution in [1.29, 1.82) is 0 Å². The van der Waals surface area contributed by atoms with Crippen molar-refractivity contribution in [3.8, 4) is 34.0 Å². The van der Waals surface area contributed by atoms with E-state index in [1.807, 2.05) is 91.1 Å². The van der Waals surface area contributed by atoms with Crippen LogP contribution < -0.4 is 0 Å². The monoisotopic (exact) mass is 348 g/mol. The Morgan fingerprint density at radius 1 is 0.630 bits per heavy atom. The summed E-state index contributed by atoms with van der Waals surface area (Å²) in [4.78, 5) is 9.37. The average Bonchev–Trinajstić information content (AvgIpc) is 3.20. The van der Waals surface area contributed by atoms with Crippen LogP contribution in [0.4, 0.5) is 0 Å². The molecule has 0 aliphatic heterocycles. The van der Waals surface area contributed by atoms with E-state index in [0.29, 0.717) is 5.89 Å². The molecule has 0 unspecified atom stereocenters. The maximum atomic E-state index is 6.24. The summed E-state index contributed by atoms with van der Waals surface area (Å²) in [6.07, 6.45) is 1.82. The Kier molecular flexibility index (Phi) is 3.76. The van der Waals surface area contributed by atoms with Crippen LogP contribution in [0.5, 0.6) is 0 Å². The van der Waals surface area contributed by atoms with Gasteiger partial charge in [-0.1, -0.05) is 78.9 Å². The van der Waals surface area contributed by atoms with Crippen molar-refractivity contribution >= 4 is 10.9 Å². The number of benzene rings is 3. The highest BCUT2D eigenvalue weighted by molar-refractivity contribution is 5.84. The van der Waals surface area contributed by atoms with Crippen LogP contribution in [-0.2, 0) is 0 Å². The van der Waals surface area contributed by atoms with Crippen molar-refractivity contribution < 1.29 is 4.42 Å². The summed E-state index contributed by atoms with van der Waals surface area (Å²) in [7, 11) is 0. The van der Waals surface area contributed by atoms with Crippen LogP contribution in [0, 0.1) is 0 Å². The Morgan fingerprint density at radius 3 is 2.07 bits per heavy atom. The number of pyridine rings is 1. The summed E-state index contributed by atoms with van der Waals surface area (Å²) in [5.41, 5.74) is 4.70. The van der Waals surface area contributed by atoms with Gasteiger partial charge in [-0.2, -0.15) is 0 Å². The van der Waals surface area contributed by atoms with Gasteiger partial charge in [-0.25, -0.2) is 4.98 Å². The lowest BCUT2D eigenvalue weighted by atomic mass is 10.1.